The highest BCUT2D eigenvalue weighted by atomic mass is 35.5. The first-order valence-corrected chi connectivity index (χ1v) is 4.87. The summed E-state index contributed by atoms with van der Waals surface area (Å²) in [5.74, 6) is 0.194. The van der Waals surface area contributed by atoms with Crippen molar-refractivity contribution in [3.05, 3.63) is 27.5 Å². The number of ether oxygens (including phenoxy) is 1. The van der Waals surface area contributed by atoms with Crippen LogP contribution in [0.15, 0.2) is 12.3 Å². The van der Waals surface area contributed by atoms with Gasteiger partial charge in [0.15, 0.2) is 0 Å². The molecule has 1 saturated carbocycles. The fourth-order valence-corrected chi connectivity index (χ4v) is 1.42. The average molecular weight is 229 g/mol. The van der Waals surface area contributed by atoms with E-state index in [-0.39, 0.29) is 22.2 Å². The number of hydrogen-bond acceptors (Lipinski definition) is 4. The van der Waals surface area contributed by atoms with Gasteiger partial charge in [-0.2, -0.15) is 0 Å². The quantitative estimate of drug-likeness (QED) is 0.453. The number of nitrogens with zero attached hydrogens (tertiary/aromatic N) is 2. The van der Waals surface area contributed by atoms with Crippen LogP contribution in [0.1, 0.15) is 19.8 Å². The monoisotopic (exact) mass is 228 g/mol. The molecule has 0 unspecified atom stereocenters. The van der Waals surface area contributed by atoms with E-state index in [0.717, 1.165) is 12.8 Å². The fraction of sp³-hybridized carbons (Fsp3) is 0.444. The van der Waals surface area contributed by atoms with Gasteiger partial charge in [0.25, 0.3) is 0 Å². The molecule has 0 N–H and O–H groups in total. The lowest BCUT2D eigenvalue weighted by Gasteiger charge is -2.12. The number of hydrogen-bond donors (Lipinski definition) is 0. The van der Waals surface area contributed by atoms with Gasteiger partial charge < -0.3 is 4.74 Å². The van der Waals surface area contributed by atoms with Crippen LogP contribution < -0.4 is 4.74 Å². The standard InChI is InChI=1S/C9H9ClN2O3/c1-9(3-4-9)15-6-2-5-11-8(10)7(6)12(13)14/h2,5H,3-4H2,1H3. The Morgan fingerprint density at radius 2 is 2.33 bits per heavy atom. The highest BCUT2D eigenvalue weighted by Crippen LogP contribution is 2.43. The Hall–Kier alpha value is -1.36. The summed E-state index contributed by atoms with van der Waals surface area (Å²) < 4.78 is 5.52. The molecule has 1 aromatic rings. The summed E-state index contributed by atoms with van der Waals surface area (Å²) in [6.07, 6.45) is 3.21. The van der Waals surface area contributed by atoms with Gasteiger partial charge in [-0.15, -0.1) is 0 Å². The lowest BCUT2D eigenvalue weighted by Crippen LogP contribution is -2.13. The van der Waals surface area contributed by atoms with Crippen LogP contribution >= 0.6 is 11.6 Å². The largest absolute Gasteiger partial charge is 0.480 e. The van der Waals surface area contributed by atoms with Crippen LogP contribution in [0.5, 0.6) is 5.75 Å². The molecule has 0 aliphatic heterocycles. The number of halogens is 1. The first-order chi connectivity index (χ1) is 7.02. The minimum atomic E-state index is -0.573. The van der Waals surface area contributed by atoms with Crippen LogP contribution in [0.3, 0.4) is 0 Å². The molecule has 15 heavy (non-hydrogen) atoms. The predicted octanol–water partition coefficient (Wildman–Crippen LogP) is 2.57. The first kappa shape index (κ1) is 10.2. The van der Waals surface area contributed by atoms with E-state index in [1.807, 2.05) is 6.92 Å². The van der Waals surface area contributed by atoms with Gasteiger partial charge in [0.2, 0.25) is 10.9 Å². The summed E-state index contributed by atoms with van der Waals surface area (Å²) >= 11 is 5.64. The van der Waals surface area contributed by atoms with Crippen LogP contribution in [-0.4, -0.2) is 15.5 Å². The third-order valence-electron chi connectivity index (χ3n) is 2.34. The van der Waals surface area contributed by atoms with Gasteiger partial charge in [-0.3, -0.25) is 10.1 Å². The van der Waals surface area contributed by atoms with Crippen LogP contribution in [0, 0.1) is 10.1 Å². The molecule has 1 aromatic heterocycles. The number of nitro groups is 1. The molecule has 1 heterocycles. The topological polar surface area (TPSA) is 65.3 Å². The molecule has 1 fully saturated rings. The summed E-state index contributed by atoms with van der Waals surface area (Å²) in [5, 5.41) is 10.6. The van der Waals surface area contributed by atoms with Crippen LogP contribution in [-0.2, 0) is 0 Å². The van der Waals surface area contributed by atoms with E-state index in [1.54, 1.807) is 0 Å². The van der Waals surface area contributed by atoms with Crippen molar-refractivity contribution in [1.29, 1.82) is 0 Å². The van der Waals surface area contributed by atoms with E-state index in [2.05, 4.69) is 4.98 Å². The molecule has 0 amide bonds. The zero-order valence-electron chi connectivity index (χ0n) is 8.07. The molecule has 0 spiro atoms. The van der Waals surface area contributed by atoms with Crippen molar-refractivity contribution < 1.29 is 9.66 Å². The highest BCUT2D eigenvalue weighted by Gasteiger charge is 2.41. The van der Waals surface area contributed by atoms with E-state index < -0.39 is 4.92 Å². The Bertz CT molecular complexity index is 418. The smallest absolute Gasteiger partial charge is 0.347 e. The fourth-order valence-electron chi connectivity index (χ4n) is 1.20. The third kappa shape index (κ3) is 2.02. The summed E-state index contributed by atoms with van der Waals surface area (Å²) in [6, 6.07) is 1.47. The van der Waals surface area contributed by atoms with E-state index in [4.69, 9.17) is 16.3 Å². The first-order valence-electron chi connectivity index (χ1n) is 4.50. The Morgan fingerprint density at radius 1 is 1.67 bits per heavy atom. The van der Waals surface area contributed by atoms with Crippen molar-refractivity contribution in [1.82, 2.24) is 4.98 Å². The zero-order chi connectivity index (χ0) is 11.1. The average Bonchev–Trinajstić information content (AvgIpc) is 2.82. The molecule has 5 nitrogen and oxygen atoms in total. The molecule has 1 aliphatic rings. The zero-order valence-corrected chi connectivity index (χ0v) is 8.82. The van der Waals surface area contributed by atoms with Crippen molar-refractivity contribution >= 4 is 17.3 Å². The molecular weight excluding hydrogens is 220 g/mol. The second-order valence-electron chi connectivity index (χ2n) is 3.76. The molecule has 0 bridgehead atoms. The minimum absolute atomic E-state index is 0.137. The predicted molar refractivity (Wildman–Crippen MR) is 54.2 cm³/mol. The molecule has 0 saturated heterocycles. The van der Waals surface area contributed by atoms with Gasteiger partial charge >= 0.3 is 5.69 Å². The maximum Gasteiger partial charge on any atom is 0.347 e. The van der Waals surface area contributed by atoms with Gasteiger partial charge in [-0.25, -0.2) is 4.98 Å². The Kier molecular flexibility index (Phi) is 2.26. The SMILES string of the molecule is CC1(Oc2ccnc(Cl)c2[N+](=O)[O-])CC1. The molecular formula is C9H9ClN2O3. The van der Waals surface area contributed by atoms with Crippen molar-refractivity contribution in [2.24, 2.45) is 0 Å². The Morgan fingerprint density at radius 3 is 2.87 bits per heavy atom. The van der Waals surface area contributed by atoms with Gasteiger partial charge in [0, 0.05) is 12.3 Å². The van der Waals surface area contributed by atoms with Crippen molar-refractivity contribution in [3.63, 3.8) is 0 Å². The number of aromatic nitrogens is 1. The third-order valence-corrected chi connectivity index (χ3v) is 2.61. The van der Waals surface area contributed by atoms with Crippen molar-refractivity contribution in [2.45, 2.75) is 25.4 Å². The molecule has 80 valence electrons. The lowest BCUT2D eigenvalue weighted by atomic mass is 10.3. The van der Waals surface area contributed by atoms with Gasteiger partial charge in [0.1, 0.15) is 5.60 Å². The highest BCUT2D eigenvalue weighted by molar-refractivity contribution is 6.31. The van der Waals surface area contributed by atoms with Crippen LogP contribution in [0.2, 0.25) is 5.15 Å². The maximum absolute atomic E-state index is 10.7. The minimum Gasteiger partial charge on any atom is -0.480 e. The van der Waals surface area contributed by atoms with Crippen LogP contribution in [0.25, 0.3) is 0 Å². The normalized spacial score (nSPS) is 17.2. The summed E-state index contributed by atoms with van der Waals surface area (Å²) in [7, 11) is 0. The summed E-state index contributed by atoms with van der Waals surface area (Å²) in [4.78, 5) is 13.8. The molecule has 1 aliphatic carbocycles. The van der Waals surface area contributed by atoms with E-state index in [1.165, 1.54) is 12.3 Å². The Labute approximate surface area is 91.2 Å². The molecule has 6 heteroatoms. The second kappa shape index (κ2) is 3.34. The summed E-state index contributed by atoms with van der Waals surface area (Å²) in [5.41, 5.74) is -0.526. The molecule has 0 atom stereocenters. The van der Waals surface area contributed by atoms with Crippen LogP contribution in [0.4, 0.5) is 5.69 Å². The second-order valence-corrected chi connectivity index (χ2v) is 4.12. The number of rotatable bonds is 3. The van der Waals surface area contributed by atoms with Gasteiger partial charge in [-0.1, -0.05) is 11.6 Å². The molecule has 2 rings (SSSR count). The van der Waals surface area contributed by atoms with E-state index in [9.17, 15) is 10.1 Å². The van der Waals surface area contributed by atoms with E-state index in [0.29, 0.717) is 0 Å². The Balaban J connectivity index is 2.37. The van der Waals surface area contributed by atoms with Gasteiger partial charge in [-0.05, 0) is 19.8 Å². The van der Waals surface area contributed by atoms with E-state index >= 15 is 0 Å². The number of pyridine rings is 1. The van der Waals surface area contributed by atoms with Crippen molar-refractivity contribution in [3.8, 4) is 5.75 Å². The summed E-state index contributed by atoms with van der Waals surface area (Å²) in [6.45, 7) is 1.91. The maximum atomic E-state index is 10.7. The van der Waals surface area contributed by atoms with Crippen molar-refractivity contribution in [2.75, 3.05) is 0 Å². The molecule has 0 radical (unpaired) electrons. The lowest BCUT2D eigenvalue weighted by molar-refractivity contribution is -0.386. The van der Waals surface area contributed by atoms with Gasteiger partial charge in [0.05, 0.1) is 4.92 Å². The molecule has 0 aromatic carbocycles.